The number of nitrogens with zero attached hydrogens (tertiary/aromatic N) is 1. The highest BCUT2D eigenvalue weighted by Gasteiger charge is 2.16. The van der Waals surface area contributed by atoms with Crippen molar-refractivity contribution in [3.8, 4) is 0 Å². The van der Waals surface area contributed by atoms with Crippen molar-refractivity contribution < 1.29 is 4.79 Å². The van der Waals surface area contributed by atoms with Gasteiger partial charge in [0.25, 0.3) is 5.91 Å². The second-order valence-electron chi connectivity index (χ2n) is 4.38. The average molecular weight is 234 g/mol. The van der Waals surface area contributed by atoms with E-state index in [1.165, 1.54) is 19.3 Å². The van der Waals surface area contributed by atoms with Crippen LogP contribution in [0.25, 0.3) is 0 Å². The average Bonchev–Trinajstić information content (AvgIpc) is 2.40. The molecular formula is C12H18N4O. The van der Waals surface area contributed by atoms with Gasteiger partial charge < -0.3 is 10.7 Å². The minimum Gasteiger partial charge on any atom is -0.349 e. The molecule has 1 aromatic heterocycles. The number of nitrogen functional groups attached to an aromatic ring is 1. The molecule has 0 saturated heterocycles. The molecule has 0 atom stereocenters. The number of aromatic nitrogens is 1. The van der Waals surface area contributed by atoms with Crippen LogP contribution in [0.1, 0.15) is 42.5 Å². The van der Waals surface area contributed by atoms with E-state index in [2.05, 4.69) is 15.7 Å². The largest absolute Gasteiger partial charge is 0.349 e. The summed E-state index contributed by atoms with van der Waals surface area (Å²) in [6, 6.07) is 3.66. The zero-order valence-corrected chi connectivity index (χ0v) is 9.78. The van der Waals surface area contributed by atoms with Gasteiger partial charge in [0.15, 0.2) is 0 Å². The molecular weight excluding hydrogens is 216 g/mol. The summed E-state index contributed by atoms with van der Waals surface area (Å²) in [7, 11) is 0. The number of rotatable bonds is 3. The van der Waals surface area contributed by atoms with Gasteiger partial charge in [0.1, 0.15) is 5.82 Å². The molecule has 2 rings (SSSR count). The Morgan fingerprint density at radius 1 is 1.35 bits per heavy atom. The molecule has 0 aliphatic heterocycles. The van der Waals surface area contributed by atoms with E-state index < -0.39 is 0 Å². The molecule has 5 nitrogen and oxygen atoms in total. The van der Waals surface area contributed by atoms with Crippen molar-refractivity contribution in [2.75, 3.05) is 5.43 Å². The summed E-state index contributed by atoms with van der Waals surface area (Å²) < 4.78 is 0. The van der Waals surface area contributed by atoms with Crippen LogP contribution in [-0.2, 0) is 0 Å². The molecule has 1 aliphatic carbocycles. The third kappa shape index (κ3) is 3.17. The number of hydrogen-bond acceptors (Lipinski definition) is 4. The van der Waals surface area contributed by atoms with Crippen molar-refractivity contribution in [2.45, 2.75) is 38.1 Å². The number of carbonyl (C=O) groups is 1. The van der Waals surface area contributed by atoms with E-state index in [1.807, 2.05) is 0 Å². The molecule has 1 heterocycles. The van der Waals surface area contributed by atoms with Gasteiger partial charge in [0.05, 0.1) is 0 Å². The molecule has 0 spiro atoms. The fraction of sp³-hybridized carbons (Fsp3) is 0.500. The number of nitrogens with one attached hydrogen (secondary N) is 2. The Labute approximate surface area is 101 Å². The molecule has 4 N–H and O–H groups in total. The molecule has 1 amide bonds. The topological polar surface area (TPSA) is 80.0 Å². The summed E-state index contributed by atoms with van der Waals surface area (Å²) in [5.41, 5.74) is 3.03. The van der Waals surface area contributed by atoms with Crippen molar-refractivity contribution in [1.29, 1.82) is 0 Å². The van der Waals surface area contributed by atoms with E-state index in [0.29, 0.717) is 17.4 Å². The van der Waals surface area contributed by atoms with Gasteiger partial charge in [-0.25, -0.2) is 10.8 Å². The van der Waals surface area contributed by atoms with Crippen LogP contribution in [-0.4, -0.2) is 16.9 Å². The third-order valence-electron chi connectivity index (χ3n) is 3.11. The molecule has 1 saturated carbocycles. The van der Waals surface area contributed by atoms with Gasteiger partial charge in [-0.1, -0.05) is 19.3 Å². The summed E-state index contributed by atoms with van der Waals surface area (Å²) in [5, 5.41) is 3.05. The zero-order valence-electron chi connectivity index (χ0n) is 9.78. The monoisotopic (exact) mass is 234 g/mol. The lowest BCUT2D eigenvalue weighted by Gasteiger charge is -2.22. The van der Waals surface area contributed by atoms with Gasteiger partial charge >= 0.3 is 0 Å². The predicted octanol–water partition coefficient (Wildman–Crippen LogP) is 1.43. The number of hydrazine groups is 1. The van der Waals surface area contributed by atoms with Crippen LogP contribution < -0.4 is 16.6 Å². The first kappa shape index (κ1) is 11.9. The van der Waals surface area contributed by atoms with Gasteiger partial charge in [-0.15, -0.1) is 0 Å². The molecule has 1 aromatic rings. The third-order valence-corrected chi connectivity index (χ3v) is 3.11. The molecule has 0 unspecified atom stereocenters. The van der Waals surface area contributed by atoms with Crippen LogP contribution in [0.4, 0.5) is 5.82 Å². The van der Waals surface area contributed by atoms with Gasteiger partial charge in [0.2, 0.25) is 0 Å². The number of carbonyl (C=O) groups excluding carboxylic acids is 1. The van der Waals surface area contributed by atoms with Crippen molar-refractivity contribution in [3.63, 3.8) is 0 Å². The highest BCUT2D eigenvalue weighted by atomic mass is 16.1. The predicted molar refractivity (Wildman–Crippen MR) is 66.4 cm³/mol. The van der Waals surface area contributed by atoms with Gasteiger partial charge in [0, 0.05) is 17.8 Å². The lowest BCUT2D eigenvalue weighted by Crippen LogP contribution is -2.36. The normalized spacial score (nSPS) is 16.5. The standard InChI is InChI=1S/C12H18N4O/c13-16-11-8-9(6-7-14-11)12(17)15-10-4-2-1-3-5-10/h6-8,10H,1-5,13H2,(H,14,16)(H,15,17). The first-order valence-corrected chi connectivity index (χ1v) is 6.03. The zero-order chi connectivity index (χ0) is 12.1. The number of nitrogens with two attached hydrogens (primary N) is 1. The van der Waals surface area contributed by atoms with Gasteiger partial charge in [-0.05, 0) is 25.0 Å². The summed E-state index contributed by atoms with van der Waals surface area (Å²) in [5.74, 6) is 5.71. The Bertz CT molecular complexity index is 388. The van der Waals surface area contributed by atoms with Crippen LogP contribution in [0.3, 0.4) is 0 Å². The maximum absolute atomic E-state index is 12.0. The van der Waals surface area contributed by atoms with Crippen LogP contribution in [0.15, 0.2) is 18.3 Å². The Morgan fingerprint density at radius 2 is 2.12 bits per heavy atom. The van der Waals surface area contributed by atoms with Crippen molar-refractivity contribution in [1.82, 2.24) is 10.3 Å². The quantitative estimate of drug-likeness (QED) is 0.546. The minimum atomic E-state index is -0.0456. The number of pyridine rings is 1. The highest BCUT2D eigenvalue weighted by Crippen LogP contribution is 2.18. The van der Waals surface area contributed by atoms with Crippen molar-refractivity contribution in [3.05, 3.63) is 23.9 Å². The van der Waals surface area contributed by atoms with Gasteiger partial charge in [-0.2, -0.15) is 0 Å². The molecule has 5 heteroatoms. The van der Waals surface area contributed by atoms with Crippen molar-refractivity contribution >= 4 is 11.7 Å². The number of hydrogen-bond donors (Lipinski definition) is 3. The summed E-state index contributed by atoms with van der Waals surface area (Å²) in [6.45, 7) is 0. The smallest absolute Gasteiger partial charge is 0.251 e. The highest BCUT2D eigenvalue weighted by molar-refractivity contribution is 5.94. The number of amides is 1. The lowest BCUT2D eigenvalue weighted by atomic mass is 9.95. The first-order valence-electron chi connectivity index (χ1n) is 6.03. The molecule has 17 heavy (non-hydrogen) atoms. The van der Waals surface area contributed by atoms with E-state index in [1.54, 1.807) is 18.3 Å². The summed E-state index contributed by atoms with van der Waals surface area (Å²) in [6.07, 6.45) is 7.43. The first-order chi connectivity index (χ1) is 8.29. The summed E-state index contributed by atoms with van der Waals surface area (Å²) in [4.78, 5) is 15.9. The Morgan fingerprint density at radius 3 is 2.82 bits per heavy atom. The Hall–Kier alpha value is -1.62. The molecule has 1 fully saturated rings. The second kappa shape index (κ2) is 5.63. The fourth-order valence-electron chi connectivity index (χ4n) is 2.17. The van der Waals surface area contributed by atoms with E-state index in [-0.39, 0.29) is 5.91 Å². The number of anilines is 1. The van der Waals surface area contributed by atoms with E-state index >= 15 is 0 Å². The fourth-order valence-corrected chi connectivity index (χ4v) is 2.17. The maximum Gasteiger partial charge on any atom is 0.251 e. The Kier molecular flexibility index (Phi) is 3.93. The van der Waals surface area contributed by atoms with Gasteiger partial charge in [-0.3, -0.25) is 4.79 Å². The molecule has 92 valence electrons. The molecule has 0 aromatic carbocycles. The lowest BCUT2D eigenvalue weighted by molar-refractivity contribution is 0.0927. The van der Waals surface area contributed by atoms with E-state index in [4.69, 9.17) is 5.84 Å². The molecule has 0 bridgehead atoms. The van der Waals surface area contributed by atoms with Crippen LogP contribution in [0, 0.1) is 0 Å². The van der Waals surface area contributed by atoms with Crippen LogP contribution in [0.2, 0.25) is 0 Å². The molecule has 0 radical (unpaired) electrons. The van der Waals surface area contributed by atoms with Crippen LogP contribution in [0.5, 0.6) is 0 Å². The molecule has 1 aliphatic rings. The van der Waals surface area contributed by atoms with Crippen molar-refractivity contribution in [2.24, 2.45) is 5.84 Å². The Balaban J connectivity index is 1.98. The van der Waals surface area contributed by atoms with E-state index in [0.717, 1.165) is 12.8 Å². The SMILES string of the molecule is NNc1cc(C(=O)NC2CCCCC2)ccn1. The van der Waals surface area contributed by atoms with E-state index in [9.17, 15) is 4.79 Å². The second-order valence-corrected chi connectivity index (χ2v) is 4.38. The minimum absolute atomic E-state index is 0.0456. The maximum atomic E-state index is 12.0. The van der Waals surface area contributed by atoms with Crippen LogP contribution >= 0.6 is 0 Å². The summed E-state index contributed by atoms with van der Waals surface area (Å²) >= 11 is 0.